The van der Waals surface area contributed by atoms with Gasteiger partial charge >= 0.3 is 0 Å². The van der Waals surface area contributed by atoms with Gasteiger partial charge < -0.3 is 4.90 Å². The normalized spacial score (nSPS) is 16.7. The first-order valence-electron chi connectivity index (χ1n) is 10.5. The van der Waals surface area contributed by atoms with Crippen LogP contribution in [0.1, 0.15) is 46.3 Å². The van der Waals surface area contributed by atoms with Gasteiger partial charge in [0.25, 0.3) is 0 Å². The van der Waals surface area contributed by atoms with Crippen LogP contribution in [0, 0.1) is 5.82 Å². The van der Waals surface area contributed by atoms with E-state index >= 15 is 0 Å². The van der Waals surface area contributed by atoms with Gasteiger partial charge in [0.2, 0.25) is 5.91 Å². The quantitative estimate of drug-likeness (QED) is 0.703. The zero-order valence-corrected chi connectivity index (χ0v) is 16.7. The van der Waals surface area contributed by atoms with Crippen LogP contribution in [0.5, 0.6) is 0 Å². The molecule has 2 aliphatic rings. The van der Waals surface area contributed by atoms with Crippen LogP contribution in [-0.2, 0) is 24.2 Å². The molecule has 1 aliphatic carbocycles. The van der Waals surface area contributed by atoms with Gasteiger partial charge in [0.05, 0.1) is 0 Å². The Morgan fingerprint density at radius 3 is 2.45 bits per heavy atom. The van der Waals surface area contributed by atoms with Crippen LogP contribution in [0.4, 0.5) is 4.39 Å². The molecule has 2 aromatic carbocycles. The fourth-order valence-electron chi connectivity index (χ4n) is 4.29. The minimum absolute atomic E-state index is 0.0325. The summed E-state index contributed by atoms with van der Waals surface area (Å²) in [5.41, 5.74) is 4.06. The van der Waals surface area contributed by atoms with E-state index in [0.29, 0.717) is 25.2 Å². The number of halogens is 1. The third-order valence-corrected chi connectivity index (χ3v) is 6.06. The van der Waals surface area contributed by atoms with Crippen molar-refractivity contribution in [2.24, 2.45) is 0 Å². The molecule has 5 heteroatoms. The van der Waals surface area contributed by atoms with E-state index in [0.717, 1.165) is 37.9 Å². The van der Waals surface area contributed by atoms with Gasteiger partial charge in [-0.15, -0.1) is 0 Å². The number of carbonyl (C=O) groups is 2. The molecule has 0 atom stereocenters. The van der Waals surface area contributed by atoms with E-state index in [9.17, 15) is 14.0 Å². The van der Waals surface area contributed by atoms with Crippen LogP contribution in [0.3, 0.4) is 0 Å². The SMILES string of the molecule is O=C(CCC(=O)N1CCN(Cc2ccccc2F)CC1)c1ccc2c(c1)CCC2. The van der Waals surface area contributed by atoms with E-state index in [2.05, 4.69) is 11.0 Å². The van der Waals surface area contributed by atoms with Gasteiger partial charge in [0.15, 0.2) is 5.78 Å². The summed E-state index contributed by atoms with van der Waals surface area (Å²) in [6.07, 6.45) is 3.82. The van der Waals surface area contributed by atoms with Crippen molar-refractivity contribution in [1.82, 2.24) is 9.80 Å². The average molecular weight is 394 g/mol. The Morgan fingerprint density at radius 2 is 1.66 bits per heavy atom. The van der Waals surface area contributed by atoms with E-state index in [1.807, 2.05) is 23.1 Å². The van der Waals surface area contributed by atoms with Gasteiger partial charge in [0, 0.05) is 56.7 Å². The number of hydrogen-bond acceptors (Lipinski definition) is 3. The molecule has 0 bridgehead atoms. The van der Waals surface area contributed by atoms with Gasteiger partial charge in [-0.05, 0) is 42.5 Å². The zero-order chi connectivity index (χ0) is 20.2. The second-order valence-electron chi connectivity index (χ2n) is 8.01. The Labute approximate surface area is 171 Å². The lowest BCUT2D eigenvalue weighted by atomic mass is 10.0. The van der Waals surface area contributed by atoms with Crippen molar-refractivity contribution in [1.29, 1.82) is 0 Å². The highest BCUT2D eigenvalue weighted by Gasteiger charge is 2.22. The van der Waals surface area contributed by atoms with Crippen molar-refractivity contribution in [3.63, 3.8) is 0 Å². The molecule has 4 rings (SSSR count). The molecule has 1 fully saturated rings. The van der Waals surface area contributed by atoms with Crippen LogP contribution in [0.15, 0.2) is 42.5 Å². The van der Waals surface area contributed by atoms with Crippen molar-refractivity contribution in [3.05, 3.63) is 70.5 Å². The van der Waals surface area contributed by atoms with Crippen LogP contribution < -0.4 is 0 Å². The molecule has 0 aromatic heterocycles. The van der Waals surface area contributed by atoms with Gasteiger partial charge in [-0.3, -0.25) is 14.5 Å². The number of amides is 1. The van der Waals surface area contributed by atoms with Crippen molar-refractivity contribution in [2.75, 3.05) is 26.2 Å². The molecule has 0 spiro atoms. The van der Waals surface area contributed by atoms with Gasteiger partial charge in [-0.1, -0.05) is 30.3 Å². The maximum atomic E-state index is 13.8. The molecule has 1 saturated heterocycles. The lowest BCUT2D eigenvalue weighted by molar-refractivity contribution is -0.133. The number of Topliss-reactive ketones (excluding diaryl/α,β-unsaturated/α-hetero) is 1. The fraction of sp³-hybridized carbons (Fsp3) is 0.417. The second kappa shape index (κ2) is 8.87. The highest BCUT2D eigenvalue weighted by molar-refractivity contribution is 5.98. The summed E-state index contributed by atoms with van der Waals surface area (Å²) in [5, 5.41) is 0. The van der Waals surface area contributed by atoms with Gasteiger partial charge in [-0.2, -0.15) is 0 Å². The Bertz CT molecular complexity index is 904. The molecule has 2 aromatic rings. The number of carbonyl (C=O) groups excluding carboxylic acids is 2. The van der Waals surface area contributed by atoms with E-state index in [4.69, 9.17) is 0 Å². The molecule has 1 heterocycles. The Balaban J connectivity index is 1.24. The number of hydrogen-bond donors (Lipinski definition) is 0. The third kappa shape index (κ3) is 4.73. The summed E-state index contributed by atoms with van der Waals surface area (Å²) in [5.74, 6) is -0.104. The molecule has 29 heavy (non-hydrogen) atoms. The van der Waals surface area contributed by atoms with Crippen LogP contribution in [0.2, 0.25) is 0 Å². The second-order valence-corrected chi connectivity index (χ2v) is 8.01. The molecule has 0 radical (unpaired) electrons. The van der Waals surface area contributed by atoms with Crippen molar-refractivity contribution in [2.45, 2.75) is 38.6 Å². The van der Waals surface area contributed by atoms with Crippen molar-refractivity contribution < 1.29 is 14.0 Å². The highest BCUT2D eigenvalue weighted by atomic mass is 19.1. The molecule has 1 amide bonds. The summed E-state index contributed by atoms with van der Waals surface area (Å²) in [6.45, 7) is 3.25. The van der Waals surface area contributed by atoms with E-state index in [1.54, 1.807) is 12.1 Å². The summed E-state index contributed by atoms with van der Waals surface area (Å²) in [4.78, 5) is 29.0. The first-order chi connectivity index (χ1) is 14.1. The molecule has 0 unspecified atom stereocenters. The minimum Gasteiger partial charge on any atom is -0.340 e. The van der Waals surface area contributed by atoms with E-state index in [-0.39, 0.29) is 30.3 Å². The smallest absolute Gasteiger partial charge is 0.223 e. The summed E-state index contributed by atoms with van der Waals surface area (Å²) < 4.78 is 13.8. The predicted octanol–water partition coefficient (Wildman–Crippen LogP) is 3.62. The largest absolute Gasteiger partial charge is 0.340 e. The lowest BCUT2D eigenvalue weighted by Gasteiger charge is -2.34. The van der Waals surface area contributed by atoms with Crippen molar-refractivity contribution in [3.8, 4) is 0 Å². The zero-order valence-electron chi connectivity index (χ0n) is 16.7. The Morgan fingerprint density at radius 1 is 0.897 bits per heavy atom. The first-order valence-corrected chi connectivity index (χ1v) is 10.5. The van der Waals surface area contributed by atoms with Gasteiger partial charge in [0.1, 0.15) is 5.82 Å². The van der Waals surface area contributed by atoms with Crippen molar-refractivity contribution >= 4 is 11.7 Å². The minimum atomic E-state index is -0.184. The van der Waals surface area contributed by atoms with E-state index < -0.39 is 0 Å². The summed E-state index contributed by atoms with van der Waals surface area (Å²) in [7, 11) is 0. The van der Waals surface area contributed by atoms with Crippen LogP contribution in [0.25, 0.3) is 0 Å². The van der Waals surface area contributed by atoms with Crippen LogP contribution in [-0.4, -0.2) is 47.7 Å². The predicted molar refractivity (Wildman–Crippen MR) is 110 cm³/mol. The summed E-state index contributed by atoms with van der Waals surface area (Å²) in [6, 6.07) is 12.8. The van der Waals surface area contributed by atoms with E-state index in [1.165, 1.54) is 17.2 Å². The molecular formula is C24H27FN2O2. The van der Waals surface area contributed by atoms with Crippen LogP contribution >= 0.6 is 0 Å². The maximum absolute atomic E-state index is 13.8. The molecular weight excluding hydrogens is 367 g/mol. The topological polar surface area (TPSA) is 40.6 Å². The first kappa shape index (κ1) is 19.8. The molecule has 4 nitrogen and oxygen atoms in total. The summed E-state index contributed by atoms with van der Waals surface area (Å²) >= 11 is 0. The monoisotopic (exact) mass is 394 g/mol. The number of fused-ring (bicyclic) bond motifs is 1. The lowest BCUT2D eigenvalue weighted by Crippen LogP contribution is -2.48. The number of nitrogens with zero attached hydrogens (tertiary/aromatic N) is 2. The number of benzene rings is 2. The maximum Gasteiger partial charge on any atom is 0.223 e. The number of aryl methyl sites for hydroxylation is 2. The molecule has 152 valence electrons. The fourth-order valence-corrected chi connectivity index (χ4v) is 4.29. The average Bonchev–Trinajstić information content (AvgIpc) is 3.22. The molecule has 0 N–H and O–H groups in total. The Hall–Kier alpha value is -2.53. The molecule has 0 saturated carbocycles. The third-order valence-electron chi connectivity index (χ3n) is 6.06. The number of piperazine rings is 1. The molecule has 1 aliphatic heterocycles. The number of ketones is 1. The standard InChI is InChI=1S/C24H27FN2O2/c25-22-7-2-1-4-21(22)17-26-12-14-27(15-13-26)24(29)11-10-23(28)20-9-8-18-5-3-6-19(18)16-20/h1-2,4,7-9,16H,3,5-6,10-15,17H2. The number of rotatable bonds is 6. The Kier molecular flexibility index (Phi) is 6.05. The van der Waals surface area contributed by atoms with Gasteiger partial charge in [-0.25, -0.2) is 4.39 Å². The highest BCUT2D eigenvalue weighted by Crippen LogP contribution is 2.23.